The number of nitrogens with zero attached hydrogens (tertiary/aromatic N) is 5. The summed E-state index contributed by atoms with van der Waals surface area (Å²) in [6.45, 7) is 3.90. The van der Waals surface area contributed by atoms with E-state index in [1.54, 1.807) is 10.8 Å². The van der Waals surface area contributed by atoms with Crippen LogP contribution in [-0.2, 0) is 0 Å². The Bertz CT molecular complexity index is 714. The molecular weight excluding hydrogens is 240 g/mol. The van der Waals surface area contributed by atoms with E-state index in [0.717, 1.165) is 11.3 Å². The largest absolute Gasteiger partial charge is 0.321 e. The predicted octanol–water partition coefficient (Wildman–Crippen LogP) is 1.51. The van der Waals surface area contributed by atoms with E-state index >= 15 is 0 Å². The maximum Gasteiger partial charge on any atom is 0.203 e. The number of rotatable bonds is 2. The second-order valence-corrected chi connectivity index (χ2v) is 4.57. The van der Waals surface area contributed by atoms with Crippen molar-refractivity contribution in [3.8, 4) is 11.3 Å². The maximum atomic E-state index is 5.87. The molecule has 2 N–H and O–H groups in total. The Kier molecular flexibility index (Phi) is 2.72. The molecule has 2 aromatic heterocycles. The Morgan fingerprint density at radius 1 is 1.21 bits per heavy atom. The topological polar surface area (TPSA) is 82.0 Å². The number of aryl methyl sites for hydroxylation is 1. The van der Waals surface area contributed by atoms with Crippen LogP contribution < -0.4 is 5.73 Å². The molecule has 19 heavy (non-hydrogen) atoms. The predicted molar refractivity (Wildman–Crippen MR) is 71.4 cm³/mol. The zero-order valence-corrected chi connectivity index (χ0v) is 10.8. The highest BCUT2D eigenvalue weighted by Crippen LogP contribution is 2.22. The van der Waals surface area contributed by atoms with Gasteiger partial charge in [0.1, 0.15) is 12.0 Å². The van der Waals surface area contributed by atoms with Gasteiger partial charge >= 0.3 is 0 Å². The summed E-state index contributed by atoms with van der Waals surface area (Å²) in [5, 5.41) is 12.2. The molecule has 0 aliphatic carbocycles. The van der Waals surface area contributed by atoms with Gasteiger partial charge in [-0.05, 0) is 13.8 Å². The van der Waals surface area contributed by atoms with Crippen LogP contribution in [0.5, 0.6) is 0 Å². The Labute approximate surface area is 110 Å². The van der Waals surface area contributed by atoms with Crippen molar-refractivity contribution >= 4 is 5.65 Å². The lowest BCUT2D eigenvalue weighted by atomic mass is 10.1. The summed E-state index contributed by atoms with van der Waals surface area (Å²) >= 11 is 0. The van der Waals surface area contributed by atoms with Gasteiger partial charge < -0.3 is 5.73 Å². The van der Waals surface area contributed by atoms with Gasteiger partial charge in [-0.3, -0.25) is 0 Å². The second kappa shape index (κ2) is 4.40. The van der Waals surface area contributed by atoms with Crippen LogP contribution in [0.4, 0.5) is 0 Å². The van der Waals surface area contributed by atoms with Gasteiger partial charge in [0, 0.05) is 5.56 Å². The van der Waals surface area contributed by atoms with Gasteiger partial charge in [-0.25, -0.2) is 4.98 Å². The first kappa shape index (κ1) is 11.7. The fourth-order valence-electron chi connectivity index (χ4n) is 1.85. The molecule has 6 nitrogen and oxygen atoms in total. The molecule has 1 atom stereocenters. The molecule has 2 heterocycles. The Morgan fingerprint density at radius 2 is 1.95 bits per heavy atom. The smallest absolute Gasteiger partial charge is 0.203 e. The summed E-state index contributed by atoms with van der Waals surface area (Å²) in [7, 11) is 0. The molecule has 1 aromatic carbocycles. The molecule has 0 saturated heterocycles. The van der Waals surface area contributed by atoms with E-state index in [-0.39, 0.29) is 6.04 Å². The van der Waals surface area contributed by atoms with Gasteiger partial charge in [0.25, 0.3) is 0 Å². The van der Waals surface area contributed by atoms with E-state index in [4.69, 9.17) is 5.73 Å². The summed E-state index contributed by atoms with van der Waals surface area (Å²) in [5.41, 5.74) is 9.42. The number of aromatic nitrogens is 5. The quantitative estimate of drug-likeness (QED) is 0.749. The van der Waals surface area contributed by atoms with Gasteiger partial charge in [0.05, 0.1) is 6.04 Å². The lowest BCUT2D eigenvalue weighted by Crippen LogP contribution is -2.13. The number of hydrogen-bond acceptors (Lipinski definition) is 5. The van der Waals surface area contributed by atoms with Gasteiger partial charge in [-0.2, -0.15) is 4.52 Å². The van der Waals surface area contributed by atoms with Gasteiger partial charge in [0.2, 0.25) is 5.65 Å². The summed E-state index contributed by atoms with van der Waals surface area (Å²) in [6.07, 6.45) is 1.56. The van der Waals surface area contributed by atoms with Crippen LogP contribution in [0.2, 0.25) is 0 Å². The molecule has 1 unspecified atom stereocenters. The van der Waals surface area contributed by atoms with Crippen LogP contribution in [0.15, 0.2) is 30.6 Å². The summed E-state index contributed by atoms with van der Waals surface area (Å²) < 4.78 is 1.61. The van der Waals surface area contributed by atoms with Crippen molar-refractivity contribution in [2.75, 3.05) is 0 Å². The standard InChI is InChI=1S/C13H14N6/c1-8-3-5-10(6-4-8)11-13-17-15-7-19(13)18-12(16-11)9(2)14/h3-7,9H,14H2,1-2H3. The highest BCUT2D eigenvalue weighted by molar-refractivity contribution is 5.73. The monoisotopic (exact) mass is 254 g/mol. The first-order valence-electron chi connectivity index (χ1n) is 6.06. The minimum absolute atomic E-state index is 0.240. The lowest BCUT2D eigenvalue weighted by molar-refractivity contribution is 0.695. The SMILES string of the molecule is Cc1ccc(-c2nc(C(C)N)nn3cnnc23)cc1. The van der Waals surface area contributed by atoms with Crippen LogP contribution in [0.25, 0.3) is 16.9 Å². The van der Waals surface area contributed by atoms with Crippen molar-refractivity contribution in [2.45, 2.75) is 19.9 Å². The Morgan fingerprint density at radius 3 is 2.63 bits per heavy atom. The number of hydrogen-bond donors (Lipinski definition) is 1. The molecule has 3 aromatic rings. The average Bonchev–Trinajstić information content (AvgIpc) is 2.86. The third-order valence-electron chi connectivity index (χ3n) is 2.91. The number of nitrogens with two attached hydrogens (primary N) is 1. The zero-order valence-electron chi connectivity index (χ0n) is 10.8. The fraction of sp³-hybridized carbons (Fsp3) is 0.231. The summed E-state index contributed by atoms with van der Waals surface area (Å²) in [4.78, 5) is 4.51. The molecule has 0 fully saturated rings. The van der Waals surface area contributed by atoms with Gasteiger partial charge in [-0.1, -0.05) is 29.8 Å². The molecule has 6 heteroatoms. The maximum absolute atomic E-state index is 5.87. The average molecular weight is 254 g/mol. The highest BCUT2D eigenvalue weighted by Gasteiger charge is 2.13. The van der Waals surface area contributed by atoms with Crippen LogP contribution in [0, 0.1) is 6.92 Å². The molecule has 0 spiro atoms. The first-order chi connectivity index (χ1) is 9.15. The lowest BCUT2D eigenvalue weighted by Gasteiger charge is -2.08. The van der Waals surface area contributed by atoms with E-state index in [0.29, 0.717) is 11.5 Å². The van der Waals surface area contributed by atoms with E-state index < -0.39 is 0 Å². The van der Waals surface area contributed by atoms with Crippen LogP contribution in [0.1, 0.15) is 24.4 Å². The minimum Gasteiger partial charge on any atom is -0.321 e. The summed E-state index contributed by atoms with van der Waals surface area (Å²) in [5.74, 6) is 0.572. The molecular formula is C13H14N6. The fourth-order valence-corrected chi connectivity index (χ4v) is 1.85. The van der Waals surface area contributed by atoms with Crippen molar-refractivity contribution in [3.63, 3.8) is 0 Å². The van der Waals surface area contributed by atoms with Crippen molar-refractivity contribution in [1.82, 2.24) is 24.8 Å². The molecule has 0 aliphatic heterocycles. The summed E-state index contributed by atoms with van der Waals surface area (Å²) in [6, 6.07) is 7.86. The molecule has 0 amide bonds. The van der Waals surface area contributed by atoms with Crippen molar-refractivity contribution < 1.29 is 0 Å². The molecule has 0 radical (unpaired) electrons. The minimum atomic E-state index is -0.240. The normalized spacial score (nSPS) is 12.8. The van der Waals surface area contributed by atoms with E-state index in [9.17, 15) is 0 Å². The van der Waals surface area contributed by atoms with E-state index in [1.165, 1.54) is 5.56 Å². The van der Waals surface area contributed by atoms with Crippen LogP contribution in [0.3, 0.4) is 0 Å². The van der Waals surface area contributed by atoms with Crippen molar-refractivity contribution in [3.05, 3.63) is 42.0 Å². The van der Waals surface area contributed by atoms with Crippen LogP contribution in [-0.4, -0.2) is 24.8 Å². The van der Waals surface area contributed by atoms with Crippen LogP contribution >= 0.6 is 0 Å². The second-order valence-electron chi connectivity index (χ2n) is 4.57. The molecule has 96 valence electrons. The molecule has 0 saturated carbocycles. The van der Waals surface area contributed by atoms with E-state index in [2.05, 4.69) is 20.3 Å². The van der Waals surface area contributed by atoms with Gasteiger partial charge in [0.15, 0.2) is 5.82 Å². The molecule has 0 aliphatic rings. The molecule has 0 bridgehead atoms. The highest BCUT2D eigenvalue weighted by atomic mass is 15.4. The van der Waals surface area contributed by atoms with E-state index in [1.807, 2.05) is 38.1 Å². The third-order valence-corrected chi connectivity index (χ3v) is 2.91. The zero-order chi connectivity index (χ0) is 13.4. The number of benzene rings is 1. The van der Waals surface area contributed by atoms with Crippen molar-refractivity contribution in [2.24, 2.45) is 5.73 Å². The first-order valence-corrected chi connectivity index (χ1v) is 6.06. The third kappa shape index (κ3) is 2.06. The Hall–Kier alpha value is -2.34. The molecule has 3 rings (SSSR count). The Balaban J connectivity index is 2.26. The van der Waals surface area contributed by atoms with Crippen molar-refractivity contribution in [1.29, 1.82) is 0 Å². The number of fused-ring (bicyclic) bond motifs is 1. The van der Waals surface area contributed by atoms with Gasteiger partial charge in [-0.15, -0.1) is 15.3 Å².